The molecule has 40 valence electrons. The van der Waals surface area contributed by atoms with Crippen molar-refractivity contribution in [3.63, 3.8) is 0 Å². The largest absolute Gasteiger partial charge is 1.00 e. The summed E-state index contributed by atoms with van der Waals surface area (Å²) < 4.78 is 9.44. The van der Waals surface area contributed by atoms with Crippen LogP contribution in [0.3, 0.4) is 0 Å². The molecule has 0 radical (unpaired) electrons. The van der Waals surface area contributed by atoms with E-state index in [0.29, 0.717) is 6.79 Å². The Morgan fingerprint density at radius 1 is 1.14 bits per heavy atom. The van der Waals surface area contributed by atoms with Crippen molar-refractivity contribution >= 4 is 13.5 Å². The van der Waals surface area contributed by atoms with Crippen molar-refractivity contribution in [1.82, 2.24) is 0 Å². The van der Waals surface area contributed by atoms with Gasteiger partial charge >= 0.3 is 18.9 Å². The van der Waals surface area contributed by atoms with E-state index in [1.54, 1.807) is 0 Å². The van der Waals surface area contributed by atoms with Crippen molar-refractivity contribution in [3.05, 3.63) is 0 Å². The molecular formula is C3H9LiO2S. The zero-order chi connectivity index (χ0) is 3.54. The number of hydrogen-bond acceptors (Lipinski definition) is 2. The van der Waals surface area contributed by atoms with Gasteiger partial charge in [0, 0.05) is 0 Å². The predicted molar refractivity (Wildman–Crippen MR) is 28.3 cm³/mol. The molecule has 1 aliphatic heterocycles. The van der Waals surface area contributed by atoms with Gasteiger partial charge in [-0.15, -0.1) is 0 Å². The third kappa shape index (κ3) is 4.73. The standard InChI is InChI=1S/C3H6O2.Li.H2S.H/c1-2-5-3-4-1;;;/h1-3H2;;1H2;/q;+1;;-1. The molecule has 0 N–H and O–H groups in total. The van der Waals surface area contributed by atoms with Crippen LogP contribution in [0.1, 0.15) is 1.43 Å². The van der Waals surface area contributed by atoms with Gasteiger partial charge in [-0.25, -0.2) is 0 Å². The van der Waals surface area contributed by atoms with Crippen molar-refractivity contribution in [2.45, 2.75) is 0 Å². The molecule has 1 rings (SSSR count). The molecule has 0 aromatic heterocycles. The van der Waals surface area contributed by atoms with Crippen LogP contribution in [-0.4, -0.2) is 20.0 Å². The zero-order valence-electron chi connectivity index (χ0n) is 5.44. The number of hydrogen-bond donors (Lipinski definition) is 0. The smallest absolute Gasteiger partial charge is 1.00 e. The SMILES string of the molecule is C1COCO1.S.[H-].[Li+]. The Labute approximate surface area is 63.7 Å². The van der Waals surface area contributed by atoms with Gasteiger partial charge in [-0.3, -0.25) is 0 Å². The van der Waals surface area contributed by atoms with Crippen LogP contribution in [0.2, 0.25) is 0 Å². The summed E-state index contributed by atoms with van der Waals surface area (Å²) in [5.74, 6) is 0. The summed E-state index contributed by atoms with van der Waals surface area (Å²) in [5, 5.41) is 0. The second-order valence-corrected chi connectivity index (χ2v) is 0.934. The maximum atomic E-state index is 4.72. The van der Waals surface area contributed by atoms with E-state index in [9.17, 15) is 0 Å². The van der Waals surface area contributed by atoms with Gasteiger partial charge < -0.3 is 10.9 Å². The first-order valence-corrected chi connectivity index (χ1v) is 1.65. The van der Waals surface area contributed by atoms with Crippen LogP contribution in [0.25, 0.3) is 0 Å². The normalized spacial score (nSPS) is 17.1. The predicted octanol–water partition coefficient (Wildman–Crippen LogP) is -2.78. The average molecular weight is 116 g/mol. The Balaban J connectivity index is -0.0000000833. The summed E-state index contributed by atoms with van der Waals surface area (Å²) in [6.07, 6.45) is 0. The maximum absolute atomic E-state index is 4.72. The van der Waals surface area contributed by atoms with E-state index in [-0.39, 0.29) is 33.8 Å². The van der Waals surface area contributed by atoms with Gasteiger partial charge in [-0.2, -0.15) is 13.5 Å². The van der Waals surface area contributed by atoms with Gasteiger partial charge in [-0.1, -0.05) is 0 Å². The summed E-state index contributed by atoms with van der Waals surface area (Å²) in [7, 11) is 0. The molecule has 0 bridgehead atoms. The molecule has 0 amide bonds. The van der Waals surface area contributed by atoms with Gasteiger partial charge in [0.15, 0.2) is 0 Å². The maximum Gasteiger partial charge on any atom is 1.00 e. The third-order valence-electron chi connectivity index (χ3n) is 0.539. The minimum absolute atomic E-state index is 0. The summed E-state index contributed by atoms with van der Waals surface area (Å²) in [6.45, 7) is 2.06. The van der Waals surface area contributed by atoms with Crippen molar-refractivity contribution in [2.75, 3.05) is 20.0 Å². The third-order valence-corrected chi connectivity index (χ3v) is 0.539. The Morgan fingerprint density at radius 2 is 1.57 bits per heavy atom. The van der Waals surface area contributed by atoms with Gasteiger partial charge in [0.1, 0.15) is 6.79 Å². The van der Waals surface area contributed by atoms with Gasteiger partial charge in [0.2, 0.25) is 0 Å². The van der Waals surface area contributed by atoms with E-state index in [2.05, 4.69) is 0 Å². The van der Waals surface area contributed by atoms with E-state index in [0.717, 1.165) is 13.2 Å². The van der Waals surface area contributed by atoms with Gasteiger partial charge in [-0.05, 0) is 0 Å². The van der Waals surface area contributed by atoms with E-state index < -0.39 is 0 Å². The monoisotopic (exact) mass is 116 g/mol. The summed E-state index contributed by atoms with van der Waals surface area (Å²) in [5.41, 5.74) is 0. The molecule has 1 fully saturated rings. The van der Waals surface area contributed by atoms with Crippen LogP contribution in [0, 0.1) is 0 Å². The van der Waals surface area contributed by atoms with E-state index in [1.165, 1.54) is 0 Å². The van der Waals surface area contributed by atoms with Crippen LogP contribution in [0.4, 0.5) is 0 Å². The van der Waals surface area contributed by atoms with Crippen molar-refractivity contribution < 1.29 is 29.8 Å². The quantitative estimate of drug-likeness (QED) is 0.319. The molecular weight excluding hydrogens is 107 g/mol. The summed E-state index contributed by atoms with van der Waals surface area (Å²) in [4.78, 5) is 0. The van der Waals surface area contributed by atoms with E-state index in [1.807, 2.05) is 0 Å². The van der Waals surface area contributed by atoms with E-state index >= 15 is 0 Å². The average Bonchev–Trinajstić information content (AvgIpc) is 1.76. The molecule has 1 heterocycles. The Kier molecular flexibility index (Phi) is 10.6. The molecule has 1 saturated heterocycles. The van der Waals surface area contributed by atoms with Crippen LogP contribution in [0.15, 0.2) is 0 Å². The fourth-order valence-electron chi connectivity index (χ4n) is 0.295. The Morgan fingerprint density at radius 3 is 1.71 bits per heavy atom. The molecule has 0 aromatic carbocycles. The summed E-state index contributed by atoms with van der Waals surface area (Å²) in [6, 6.07) is 0. The first-order chi connectivity index (χ1) is 2.50. The molecule has 0 atom stereocenters. The van der Waals surface area contributed by atoms with Crippen molar-refractivity contribution in [3.8, 4) is 0 Å². The van der Waals surface area contributed by atoms with Crippen LogP contribution >= 0.6 is 13.5 Å². The Bertz CT molecular complexity index is 28.9. The summed E-state index contributed by atoms with van der Waals surface area (Å²) >= 11 is 0. The van der Waals surface area contributed by atoms with Crippen LogP contribution < -0.4 is 18.9 Å². The van der Waals surface area contributed by atoms with Crippen LogP contribution in [0.5, 0.6) is 0 Å². The number of rotatable bonds is 0. The van der Waals surface area contributed by atoms with Crippen molar-refractivity contribution in [2.24, 2.45) is 0 Å². The van der Waals surface area contributed by atoms with Gasteiger partial charge in [0.25, 0.3) is 0 Å². The minimum atomic E-state index is 0. The molecule has 4 heteroatoms. The second-order valence-electron chi connectivity index (χ2n) is 0.934. The fraction of sp³-hybridized carbons (Fsp3) is 1.00. The topological polar surface area (TPSA) is 18.5 Å². The molecule has 0 spiro atoms. The molecule has 0 saturated carbocycles. The molecule has 2 nitrogen and oxygen atoms in total. The molecule has 0 unspecified atom stereocenters. The molecule has 0 aromatic rings. The van der Waals surface area contributed by atoms with Gasteiger partial charge in [0.05, 0.1) is 13.2 Å². The fourth-order valence-corrected chi connectivity index (χ4v) is 0.295. The zero-order valence-corrected chi connectivity index (χ0v) is 5.44. The molecule has 0 aliphatic carbocycles. The minimum Gasteiger partial charge on any atom is -1.00 e. The molecule has 7 heavy (non-hydrogen) atoms. The van der Waals surface area contributed by atoms with Crippen molar-refractivity contribution in [1.29, 1.82) is 0 Å². The van der Waals surface area contributed by atoms with E-state index in [4.69, 9.17) is 9.47 Å². The second kappa shape index (κ2) is 6.87. The Hall–Kier alpha value is 0.867. The molecule has 1 aliphatic rings. The first-order valence-electron chi connectivity index (χ1n) is 1.65. The van der Waals surface area contributed by atoms with Crippen LogP contribution in [-0.2, 0) is 9.47 Å². The first kappa shape index (κ1) is 10.8. The number of ether oxygens (including phenoxy) is 2.